The largest absolute Gasteiger partial charge is 0.310 e. The van der Waals surface area contributed by atoms with Crippen molar-refractivity contribution in [2.45, 2.75) is 0 Å². The van der Waals surface area contributed by atoms with Gasteiger partial charge in [0.05, 0.1) is 22.4 Å². The summed E-state index contributed by atoms with van der Waals surface area (Å²) in [6, 6.07) is 71.1. The van der Waals surface area contributed by atoms with Gasteiger partial charge in [0, 0.05) is 56.3 Å². The van der Waals surface area contributed by atoms with Gasteiger partial charge in [-0.05, 0) is 181 Å². The topological polar surface area (TPSA) is 16.3 Å². The monoisotopic (exact) mass is 866 g/mol. The van der Waals surface area contributed by atoms with Crippen molar-refractivity contribution in [2.75, 3.05) is 9.80 Å². The lowest BCUT2D eigenvalue weighted by atomic mass is 10.1. The van der Waals surface area contributed by atoms with Crippen molar-refractivity contribution in [2.24, 2.45) is 0 Å². The Balaban J connectivity index is 1.03. The molecule has 0 saturated heterocycles. The maximum absolute atomic E-state index is 14.1. The van der Waals surface area contributed by atoms with Gasteiger partial charge in [-0.25, -0.2) is 17.6 Å². The molecule has 2 aromatic heterocycles. The summed E-state index contributed by atoms with van der Waals surface area (Å²) in [6.45, 7) is 0. The van der Waals surface area contributed by atoms with Gasteiger partial charge < -0.3 is 18.9 Å². The molecule has 8 heteroatoms. The lowest BCUT2D eigenvalue weighted by Gasteiger charge is -2.25. The normalized spacial score (nSPS) is 11.3. The zero-order valence-corrected chi connectivity index (χ0v) is 35.2. The van der Waals surface area contributed by atoms with Crippen molar-refractivity contribution in [1.82, 2.24) is 9.13 Å². The first-order valence-corrected chi connectivity index (χ1v) is 21.5. The summed E-state index contributed by atoms with van der Waals surface area (Å²) in [6.07, 6.45) is 0. The standard InChI is InChI=1S/C58H38F4N4/c59-43-15-27-51(28-16-43)63(52-29-17-44(60)18-30-52)49-23-11-39(12-24-49)55-35-41-38-58-42(37-57(41)65(55)47-7-3-1-4-8-47)36-56(66(58)48-9-5-2-6-10-48)40-13-25-50(26-14-40)64(53-31-19-45(61)20-32-53)54-33-21-46(62)22-34-54/h1-38H. The third-order valence-corrected chi connectivity index (χ3v) is 11.9. The highest BCUT2D eigenvalue weighted by Crippen LogP contribution is 2.42. The van der Waals surface area contributed by atoms with Crippen molar-refractivity contribution in [3.63, 3.8) is 0 Å². The van der Waals surface area contributed by atoms with E-state index in [1.54, 1.807) is 48.5 Å². The van der Waals surface area contributed by atoms with Crippen molar-refractivity contribution >= 4 is 55.9 Å². The molecule has 0 N–H and O–H groups in total. The quantitative estimate of drug-likeness (QED) is 0.127. The van der Waals surface area contributed by atoms with Crippen molar-refractivity contribution in [3.8, 4) is 33.9 Å². The average molecular weight is 867 g/mol. The molecule has 318 valence electrons. The summed E-state index contributed by atoms with van der Waals surface area (Å²) in [7, 11) is 0. The molecule has 66 heavy (non-hydrogen) atoms. The van der Waals surface area contributed by atoms with Crippen LogP contribution in [-0.4, -0.2) is 9.13 Å². The molecular formula is C58H38F4N4. The Kier molecular flexibility index (Phi) is 10.2. The van der Waals surface area contributed by atoms with Crippen LogP contribution in [0.1, 0.15) is 0 Å². The first kappa shape index (κ1) is 40.2. The molecule has 0 fully saturated rings. The van der Waals surface area contributed by atoms with Crippen LogP contribution in [0.15, 0.2) is 231 Å². The van der Waals surface area contributed by atoms with E-state index in [1.165, 1.54) is 48.5 Å². The maximum Gasteiger partial charge on any atom is 0.123 e. The van der Waals surface area contributed by atoms with E-state index in [2.05, 4.69) is 81.9 Å². The number of aromatic nitrogens is 2. The summed E-state index contributed by atoms with van der Waals surface area (Å²) in [5.41, 5.74) is 12.7. The lowest BCUT2D eigenvalue weighted by molar-refractivity contribution is 0.627. The summed E-state index contributed by atoms with van der Waals surface area (Å²) in [4.78, 5) is 3.95. The molecule has 2 heterocycles. The van der Waals surface area contributed by atoms with E-state index in [4.69, 9.17) is 0 Å². The molecule has 0 aliphatic rings. The van der Waals surface area contributed by atoms with Gasteiger partial charge in [0.2, 0.25) is 0 Å². The Morgan fingerprint density at radius 3 is 0.803 bits per heavy atom. The van der Waals surface area contributed by atoms with Gasteiger partial charge in [0.25, 0.3) is 0 Å². The number of rotatable bonds is 10. The number of hydrogen-bond donors (Lipinski definition) is 0. The van der Waals surface area contributed by atoms with Gasteiger partial charge in [-0.1, -0.05) is 60.7 Å². The smallest absolute Gasteiger partial charge is 0.123 e. The molecule has 9 aromatic carbocycles. The molecule has 0 aliphatic carbocycles. The molecule has 0 saturated carbocycles. The number of benzene rings is 9. The second kappa shape index (κ2) is 16.8. The van der Waals surface area contributed by atoms with E-state index in [-0.39, 0.29) is 23.3 Å². The second-order valence-corrected chi connectivity index (χ2v) is 16.0. The van der Waals surface area contributed by atoms with Crippen molar-refractivity contribution < 1.29 is 17.6 Å². The molecule has 0 amide bonds. The highest BCUT2D eigenvalue weighted by molar-refractivity contribution is 6.02. The molecule has 11 rings (SSSR count). The molecule has 11 aromatic rings. The lowest BCUT2D eigenvalue weighted by Crippen LogP contribution is -2.10. The Labute approximate surface area is 378 Å². The summed E-state index contributed by atoms with van der Waals surface area (Å²) in [5.74, 6) is -1.35. The molecule has 0 atom stereocenters. The molecule has 0 aliphatic heterocycles. The number of para-hydroxylation sites is 2. The molecule has 4 nitrogen and oxygen atoms in total. The van der Waals surface area contributed by atoms with E-state index < -0.39 is 0 Å². The zero-order chi connectivity index (χ0) is 44.7. The number of fused-ring (bicyclic) bond motifs is 2. The van der Waals surface area contributed by atoms with Crippen LogP contribution in [0.5, 0.6) is 0 Å². The van der Waals surface area contributed by atoms with Crippen LogP contribution in [0.3, 0.4) is 0 Å². The van der Waals surface area contributed by atoms with Crippen LogP contribution < -0.4 is 9.80 Å². The van der Waals surface area contributed by atoms with Crippen LogP contribution >= 0.6 is 0 Å². The number of nitrogens with zero attached hydrogens (tertiary/aromatic N) is 4. The SMILES string of the molecule is Fc1ccc(N(c2ccc(F)cc2)c2ccc(-c3cc4cc5c(cc(-c6ccc(N(c7ccc(F)cc7)c7ccc(F)cc7)cc6)n5-c5ccccc5)cc4n3-c3ccccc3)cc2)cc1. The third-order valence-electron chi connectivity index (χ3n) is 11.9. The fourth-order valence-electron chi connectivity index (χ4n) is 8.86. The Morgan fingerprint density at radius 1 is 0.273 bits per heavy atom. The molecule has 0 spiro atoms. The minimum Gasteiger partial charge on any atom is -0.310 e. The number of halogens is 4. The van der Waals surface area contributed by atoms with Gasteiger partial charge in [-0.3, -0.25) is 0 Å². The fraction of sp³-hybridized carbons (Fsp3) is 0. The highest BCUT2D eigenvalue weighted by Gasteiger charge is 2.21. The number of hydrogen-bond acceptors (Lipinski definition) is 2. The second-order valence-electron chi connectivity index (χ2n) is 16.0. The number of anilines is 6. The molecular weight excluding hydrogens is 829 g/mol. The van der Waals surface area contributed by atoms with E-state index in [0.29, 0.717) is 0 Å². The van der Waals surface area contributed by atoms with Crippen LogP contribution in [0.25, 0.3) is 55.7 Å². The third kappa shape index (κ3) is 7.54. The predicted molar refractivity (Wildman–Crippen MR) is 260 cm³/mol. The first-order chi connectivity index (χ1) is 32.3. The van der Waals surface area contributed by atoms with E-state index >= 15 is 0 Å². The first-order valence-electron chi connectivity index (χ1n) is 21.5. The zero-order valence-electron chi connectivity index (χ0n) is 35.2. The van der Waals surface area contributed by atoms with E-state index in [9.17, 15) is 17.6 Å². The van der Waals surface area contributed by atoms with Crippen molar-refractivity contribution in [1.29, 1.82) is 0 Å². The molecule has 0 unspecified atom stereocenters. The van der Waals surface area contributed by atoms with Crippen LogP contribution in [-0.2, 0) is 0 Å². The minimum atomic E-state index is -0.337. The van der Waals surface area contributed by atoms with Gasteiger partial charge >= 0.3 is 0 Å². The molecule has 0 radical (unpaired) electrons. The van der Waals surface area contributed by atoms with Gasteiger partial charge in [-0.2, -0.15) is 0 Å². The van der Waals surface area contributed by atoms with Crippen molar-refractivity contribution in [3.05, 3.63) is 254 Å². The minimum absolute atomic E-state index is 0.337. The fourth-order valence-corrected chi connectivity index (χ4v) is 8.86. The van der Waals surface area contributed by atoms with Crippen LogP contribution in [0.2, 0.25) is 0 Å². The van der Waals surface area contributed by atoms with Gasteiger partial charge in [0.1, 0.15) is 23.3 Å². The highest BCUT2D eigenvalue weighted by atomic mass is 19.1. The van der Waals surface area contributed by atoms with Crippen LogP contribution in [0.4, 0.5) is 51.7 Å². The Bertz CT molecular complexity index is 3130. The van der Waals surface area contributed by atoms with Crippen LogP contribution in [0, 0.1) is 23.3 Å². The maximum atomic E-state index is 14.1. The van der Waals surface area contributed by atoms with Gasteiger partial charge in [-0.15, -0.1) is 0 Å². The summed E-state index contributed by atoms with van der Waals surface area (Å²) in [5, 5.41) is 2.10. The van der Waals surface area contributed by atoms with E-state index in [1.807, 2.05) is 70.5 Å². The molecule has 0 bridgehead atoms. The Morgan fingerprint density at radius 2 is 0.530 bits per heavy atom. The summed E-state index contributed by atoms with van der Waals surface area (Å²) >= 11 is 0. The summed E-state index contributed by atoms with van der Waals surface area (Å²) < 4.78 is 60.8. The van der Waals surface area contributed by atoms with Gasteiger partial charge in [0.15, 0.2) is 0 Å². The Hall–Kier alpha value is -8.62. The predicted octanol–water partition coefficient (Wildman–Crippen LogP) is 16.4. The van der Waals surface area contributed by atoms with E-state index in [0.717, 1.165) is 89.8 Å². The average Bonchev–Trinajstić information content (AvgIpc) is 3.92.